The van der Waals surface area contributed by atoms with E-state index in [1.807, 2.05) is 54.8 Å². The van der Waals surface area contributed by atoms with Crippen molar-refractivity contribution in [3.63, 3.8) is 0 Å². The third kappa shape index (κ3) is 3.24. The Morgan fingerprint density at radius 2 is 2.09 bits per heavy atom. The highest BCUT2D eigenvalue weighted by atomic mass is 32.2. The molecule has 1 amide bonds. The maximum absolute atomic E-state index is 12.5. The number of para-hydroxylation sites is 1. The number of benzene rings is 1. The molecule has 2 heterocycles. The average molecular weight is 347 g/mol. The molecule has 3 nitrogen and oxygen atoms in total. The van der Waals surface area contributed by atoms with E-state index in [1.165, 1.54) is 11.8 Å². The van der Waals surface area contributed by atoms with Gasteiger partial charge in [0.15, 0.2) is 0 Å². The van der Waals surface area contributed by atoms with Gasteiger partial charge in [-0.15, -0.1) is 11.3 Å². The molecule has 1 aliphatic heterocycles. The number of hydrogen-bond acceptors (Lipinski definition) is 5. The van der Waals surface area contributed by atoms with Gasteiger partial charge in [0.25, 0.3) is 5.91 Å². The third-order valence-electron chi connectivity index (χ3n) is 3.26. The molecule has 3 rings (SSSR count). The van der Waals surface area contributed by atoms with Gasteiger partial charge in [0, 0.05) is 10.6 Å². The summed E-state index contributed by atoms with van der Waals surface area (Å²) in [4.78, 5) is 15.8. The summed E-state index contributed by atoms with van der Waals surface area (Å²) in [6.07, 6.45) is 1.90. The molecule has 0 saturated carbocycles. The van der Waals surface area contributed by atoms with Crippen LogP contribution in [0.4, 0.5) is 5.69 Å². The summed E-state index contributed by atoms with van der Waals surface area (Å²) in [5, 5.41) is 5.27. The van der Waals surface area contributed by atoms with Gasteiger partial charge in [-0.25, -0.2) is 0 Å². The number of hydrogen-bond donors (Lipinski definition) is 1. The second kappa shape index (κ2) is 6.64. The highest BCUT2D eigenvalue weighted by molar-refractivity contribution is 8.26. The molecule has 0 radical (unpaired) electrons. The SMILES string of the molecule is Cc1ccccc1NCN1C(=O)/C(=C/c2cccs2)SC1=S. The molecule has 1 fully saturated rings. The molecule has 22 heavy (non-hydrogen) atoms. The molecule has 0 unspecified atom stereocenters. The van der Waals surface area contributed by atoms with Gasteiger partial charge in [0.1, 0.15) is 4.32 Å². The van der Waals surface area contributed by atoms with Crippen LogP contribution in [0.5, 0.6) is 0 Å². The number of thioether (sulfide) groups is 1. The van der Waals surface area contributed by atoms with Crippen LogP contribution in [0.1, 0.15) is 10.4 Å². The number of carbonyl (C=O) groups is 1. The molecule has 0 aliphatic carbocycles. The maximum atomic E-state index is 12.5. The monoisotopic (exact) mass is 346 g/mol. The second-order valence-electron chi connectivity index (χ2n) is 4.77. The van der Waals surface area contributed by atoms with E-state index in [4.69, 9.17) is 12.2 Å². The van der Waals surface area contributed by atoms with Crippen molar-refractivity contribution in [2.24, 2.45) is 0 Å². The van der Waals surface area contributed by atoms with E-state index in [0.29, 0.717) is 15.9 Å². The normalized spacial score (nSPS) is 16.6. The van der Waals surface area contributed by atoms with Gasteiger partial charge >= 0.3 is 0 Å². The van der Waals surface area contributed by atoms with Crippen LogP contribution in [0.3, 0.4) is 0 Å². The van der Waals surface area contributed by atoms with Crippen LogP contribution < -0.4 is 5.32 Å². The highest BCUT2D eigenvalue weighted by Gasteiger charge is 2.31. The lowest BCUT2D eigenvalue weighted by Crippen LogP contribution is -2.33. The van der Waals surface area contributed by atoms with Gasteiger partial charge in [-0.2, -0.15) is 0 Å². The lowest BCUT2D eigenvalue weighted by Gasteiger charge is -2.17. The fourth-order valence-corrected chi connectivity index (χ4v) is 4.05. The standard InChI is InChI=1S/C16H14N2OS3/c1-11-5-2-3-7-13(11)17-10-18-15(19)14(22-16(18)20)9-12-6-4-8-21-12/h2-9,17H,10H2,1H3/b14-9-. The van der Waals surface area contributed by atoms with Crippen LogP contribution in [0.2, 0.25) is 0 Å². The molecule has 2 aromatic rings. The molecule has 112 valence electrons. The lowest BCUT2D eigenvalue weighted by molar-refractivity contribution is -0.121. The summed E-state index contributed by atoms with van der Waals surface area (Å²) in [6, 6.07) is 11.9. The number of rotatable bonds is 4. The van der Waals surface area contributed by atoms with Crippen molar-refractivity contribution < 1.29 is 4.79 Å². The summed E-state index contributed by atoms with van der Waals surface area (Å²) in [7, 11) is 0. The first kappa shape index (κ1) is 15.3. The van der Waals surface area contributed by atoms with Gasteiger partial charge in [-0.1, -0.05) is 48.2 Å². The van der Waals surface area contributed by atoms with Crippen LogP contribution in [-0.2, 0) is 4.79 Å². The molecular formula is C16H14N2OS3. The minimum absolute atomic E-state index is 0.0375. The van der Waals surface area contributed by atoms with Crippen LogP contribution in [-0.4, -0.2) is 21.8 Å². The van der Waals surface area contributed by atoms with Crippen LogP contribution in [0.25, 0.3) is 6.08 Å². The molecule has 1 aromatic carbocycles. The molecule has 1 N–H and O–H groups in total. The summed E-state index contributed by atoms with van der Waals surface area (Å²) in [5.74, 6) is -0.0375. The lowest BCUT2D eigenvalue weighted by atomic mass is 10.2. The van der Waals surface area contributed by atoms with E-state index in [-0.39, 0.29) is 5.91 Å². The first-order valence-corrected chi connectivity index (χ1v) is 8.84. The topological polar surface area (TPSA) is 32.3 Å². The predicted octanol–water partition coefficient (Wildman–Crippen LogP) is 4.33. The van der Waals surface area contributed by atoms with E-state index in [2.05, 4.69) is 5.32 Å². The van der Waals surface area contributed by atoms with Gasteiger partial charge in [-0.05, 0) is 36.1 Å². The van der Waals surface area contributed by atoms with Crippen molar-refractivity contribution in [1.29, 1.82) is 0 Å². The van der Waals surface area contributed by atoms with Crippen LogP contribution >= 0.6 is 35.3 Å². The van der Waals surface area contributed by atoms with Gasteiger partial charge in [0.05, 0.1) is 11.6 Å². The number of nitrogens with zero attached hydrogens (tertiary/aromatic N) is 1. The Labute approximate surface area is 143 Å². The third-order valence-corrected chi connectivity index (χ3v) is 5.46. The van der Waals surface area contributed by atoms with Crippen molar-refractivity contribution in [3.8, 4) is 0 Å². The molecule has 0 spiro atoms. The number of carbonyl (C=O) groups excluding carboxylic acids is 1. The minimum atomic E-state index is -0.0375. The second-order valence-corrected chi connectivity index (χ2v) is 7.43. The van der Waals surface area contributed by atoms with Gasteiger partial charge in [-0.3, -0.25) is 9.69 Å². The molecule has 0 bridgehead atoms. The Balaban J connectivity index is 1.71. The van der Waals surface area contributed by atoms with Crippen molar-refractivity contribution in [1.82, 2.24) is 4.90 Å². The van der Waals surface area contributed by atoms with Crippen LogP contribution in [0, 0.1) is 6.92 Å². The number of amides is 1. The zero-order valence-electron chi connectivity index (χ0n) is 11.9. The fraction of sp³-hybridized carbons (Fsp3) is 0.125. The van der Waals surface area contributed by atoms with Crippen molar-refractivity contribution in [2.45, 2.75) is 6.92 Å². The van der Waals surface area contributed by atoms with Crippen LogP contribution in [0.15, 0.2) is 46.7 Å². The summed E-state index contributed by atoms with van der Waals surface area (Å²) < 4.78 is 0.592. The Morgan fingerprint density at radius 3 is 2.82 bits per heavy atom. The smallest absolute Gasteiger partial charge is 0.267 e. The Bertz CT molecular complexity index is 738. The number of aryl methyl sites for hydroxylation is 1. The Morgan fingerprint density at radius 1 is 1.27 bits per heavy atom. The average Bonchev–Trinajstić information content (AvgIpc) is 3.09. The van der Waals surface area contributed by atoms with E-state index in [1.54, 1.807) is 16.2 Å². The maximum Gasteiger partial charge on any atom is 0.267 e. The van der Waals surface area contributed by atoms with Gasteiger partial charge in [0.2, 0.25) is 0 Å². The molecule has 6 heteroatoms. The quantitative estimate of drug-likeness (QED) is 0.660. The summed E-state index contributed by atoms with van der Waals surface area (Å²) >= 11 is 8.29. The first-order valence-electron chi connectivity index (χ1n) is 6.73. The zero-order valence-corrected chi connectivity index (χ0v) is 14.4. The number of anilines is 1. The number of nitrogens with one attached hydrogen (secondary N) is 1. The fourth-order valence-electron chi connectivity index (χ4n) is 2.07. The van der Waals surface area contributed by atoms with E-state index in [0.717, 1.165) is 16.1 Å². The molecular weight excluding hydrogens is 332 g/mol. The zero-order chi connectivity index (χ0) is 15.5. The largest absolute Gasteiger partial charge is 0.367 e. The first-order chi connectivity index (χ1) is 10.6. The molecule has 0 atom stereocenters. The van der Waals surface area contributed by atoms with Crippen molar-refractivity contribution in [3.05, 3.63) is 57.1 Å². The number of thiocarbonyl (C=S) groups is 1. The number of thiophene rings is 1. The summed E-state index contributed by atoms with van der Waals surface area (Å²) in [6.45, 7) is 2.42. The molecule has 1 aliphatic rings. The predicted molar refractivity (Wildman–Crippen MR) is 99.0 cm³/mol. The van der Waals surface area contributed by atoms with Gasteiger partial charge < -0.3 is 5.32 Å². The van der Waals surface area contributed by atoms with Crippen molar-refractivity contribution >= 4 is 57.3 Å². The Kier molecular flexibility index (Phi) is 4.61. The van der Waals surface area contributed by atoms with E-state index >= 15 is 0 Å². The minimum Gasteiger partial charge on any atom is -0.367 e. The van der Waals surface area contributed by atoms with Crippen molar-refractivity contribution in [2.75, 3.05) is 12.0 Å². The Hall–Kier alpha value is -1.63. The molecule has 1 aromatic heterocycles. The summed E-state index contributed by atoms with van der Waals surface area (Å²) in [5.41, 5.74) is 2.15. The molecule has 1 saturated heterocycles. The highest BCUT2D eigenvalue weighted by Crippen LogP contribution is 2.33. The van der Waals surface area contributed by atoms with E-state index < -0.39 is 0 Å². The van der Waals surface area contributed by atoms with E-state index in [9.17, 15) is 4.79 Å².